The molecule has 4 nitrogen and oxygen atoms in total. The summed E-state index contributed by atoms with van der Waals surface area (Å²) in [6.07, 6.45) is 2.10. The number of nitrogen functional groups attached to an aromatic ring is 1. The zero-order valence-electron chi connectivity index (χ0n) is 7.66. The molecule has 1 aromatic heterocycles. The lowest BCUT2D eigenvalue weighted by Crippen LogP contribution is -2.27. The number of nitrogens with zero attached hydrogens (tertiary/aromatic N) is 3. The molecule has 2 N–H and O–H groups in total. The summed E-state index contributed by atoms with van der Waals surface area (Å²) >= 11 is 0. The molecule has 0 bridgehead atoms. The number of hydrogen-bond acceptors (Lipinski definition) is 3. The van der Waals surface area contributed by atoms with Crippen molar-refractivity contribution in [3.63, 3.8) is 0 Å². The van der Waals surface area contributed by atoms with Gasteiger partial charge in [0.25, 0.3) is 0 Å². The minimum absolute atomic E-state index is 0.0214. The number of rotatable bonds is 1. The molecular formula is C8H12F2N4. The van der Waals surface area contributed by atoms with Crippen LogP contribution in [0.1, 0.15) is 31.7 Å². The summed E-state index contributed by atoms with van der Waals surface area (Å²) in [5, 5.41) is 7.84. The molecule has 0 aromatic carbocycles. The van der Waals surface area contributed by atoms with Crippen LogP contribution >= 0.6 is 0 Å². The molecule has 1 aliphatic rings. The quantitative estimate of drug-likeness (QED) is 0.752. The van der Waals surface area contributed by atoms with Gasteiger partial charge in [-0.05, 0) is 12.8 Å². The summed E-state index contributed by atoms with van der Waals surface area (Å²) in [6, 6.07) is -0.0214. The maximum Gasteiger partial charge on any atom is 0.248 e. The van der Waals surface area contributed by atoms with E-state index in [0.29, 0.717) is 18.7 Å². The Morgan fingerprint density at radius 3 is 2.57 bits per heavy atom. The average Bonchev–Trinajstić information content (AvgIpc) is 2.52. The largest absolute Gasteiger partial charge is 0.381 e. The number of alkyl halides is 2. The van der Waals surface area contributed by atoms with E-state index in [2.05, 4.69) is 10.2 Å². The van der Waals surface area contributed by atoms with Crippen molar-refractivity contribution in [2.75, 3.05) is 5.73 Å². The number of hydrogen-bond donors (Lipinski definition) is 1. The second kappa shape index (κ2) is 3.18. The van der Waals surface area contributed by atoms with Crippen molar-refractivity contribution in [3.8, 4) is 0 Å². The van der Waals surface area contributed by atoms with Crippen molar-refractivity contribution in [3.05, 3.63) is 6.20 Å². The van der Waals surface area contributed by atoms with Crippen LogP contribution in [0, 0.1) is 0 Å². The third-order valence-corrected chi connectivity index (χ3v) is 2.54. The first-order chi connectivity index (χ1) is 6.57. The Hall–Kier alpha value is -1.20. The van der Waals surface area contributed by atoms with Crippen molar-refractivity contribution in [2.24, 2.45) is 0 Å². The Kier molecular flexibility index (Phi) is 2.13. The average molecular weight is 202 g/mol. The fraction of sp³-hybridized carbons (Fsp3) is 0.750. The van der Waals surface area contributed by atoms with Crippen LogP contribution in [0.3, 0.4) is 0 Å². The molecule has 0 unspecified atom stereocenters. The maximum atomic E-state index is 12.8. The van der Waals surface area contributed by atoms with Gasteiger partial charge in [0.15, 0.2) is 5.82 Å². The van der Waals surface area contributed by atoms with Gasteiger partial charge in [0, 0.05) is 12.8 Å². The van der Waals surface area contributed by atoms with Crippen LogP contribution in [0.15, 0.2) is 6.20 Å². The monoisotopic (exact) mass is 202 g/mol. The van der Waals surface area contributed by atoms with Gasteiger partial charge in [-0.15, -0.1) is 5.10 Å². The Bertz CT molecular complexity index is 313. The topological polar surface area (TPSA) is 56.7 Å². The van der Waals surface area contributed by atoms with Crippen LogP contribution in [0.4, 0.5) is 14.6 Å². The van der Waals surface area contributed by atoms with E-state index in [4.69, 9.17) is 5.73 Å². The number of aromatic nitrogens is 3. The second-order valence-corrected chi connectivity index (χ2v) is 3.68. The third kappa shape index (κ3) is 1.83. The first-order valence-electron chi connectivity index (χ1n) is 4.62. The van der Waals surface area contributed by atoms with Gasteiger partial charge < -0.3 is 5.73 Å². The van der Waals surface area contributed by atoms with Gasteiger partial charge in [-0.3, -0.25) is 0 Å². The lowest BCUT2D eigenvalue weighted by molar-refractivity contribution is -0.0462. The Labute approximate surface area is 80.1 Å². The van der Waals surface area contributed by atoms with Crippen molar-refractivity contribution in [2.45, 2.75) is 37.6 Å². The molecule has 0 radical (unpaired) electrons. The molecule has 0 aliphatic heterocycles. The molecule has 0 atom stereocenters. The molecule has 1 aliphatic carbocycles. The van der Waals surface area contributed by atoms with Gasteiger partial charge in [0.05, 0.1) is 12.2 Å². The van der Waals surface area contributed by atoms with Crippen molar-refractivity contribution in [1.29, 1.82) is 0 Å². The first-order valence-corrected chi connectivity index (χ1v) is 4.62. The van der Waals surface area contributed by atoms with Gasteiger partial charge in [-0.25, -0.2) is 8.78 Å². The zero-order valence-corrected chi connectivity index (χ0v) is 7.66. The Morgan fingerprint density at radius 1 is 1.43 bits per heavy atom. The summed E-state index contributed by atoms with van der Waals surface area (Å²) in [7, 11) is 0. The summed E-state index contributed by atoms with van der Waals surface area (Å²) in [6.45, 7) is 0. The molecule has 14 heavy (non-hydrogen) atoms. The van der Waals surface area contributed by atoms with E-state index in [1.807, 2.05) is 0 Å². The molecule has 0 saturated heterocycles. The standard InChI is InChI=1S/C8H12F2N4/c9-8(10)3-1-6(2-4-8)14-12-5-7(11)13-14/h5-6H,1-4H2,(H2,11,13). The van der Waals surface area contributed by atoms with Crippen LogP contribution in [0.2, 0.25) is 0 Å². The predicted octanol–water partition coefficient (Wildman–Crippen LogP) is 1.61. The number of halogens is 2. The SMILES string of the molecule is Nc1cnn(C2CCC(F)(F)CC2)n1. The zero-order chi connectivity index (χ0) is 10.2. The summed E-state index contributed by atoms with van der Waals surface area (Å²) in [5.41, 5.74) is 5.40. The normalized spacial score (nSPS) is 22.4. The lowest BCUT2D eigenvalue weighted by Gasteiger charge is -2.27. The minimum atomic E-state index is -2.50. The smallest absolute Gasteiger partial charge is 0.248 e. The Balaban J connectivity index is 2.02. The van der Waals surface area contributed by atoms with E-state index >= 15 is 0 Å². The molecular weight excluding hydrogens is 190 g/mol. The van der Waals surface area contributed by atoms with Gasteiger partial charge in [0.2, 0.25) is 5.92 Å². The van der Waals surface area contributed by atoms with Crippen LogP contribution in [-0.4, -0.2) is 20.9 Å². The van der Waals surface area contributed by atoms with E-state index in [0.717, 1.165) is 0 Å². The fourth-order valence-corrected chi connectivity index (χ4v) is 1.72. The molecule has 1 saturated carbocycles. The summed E-state index contributed by atoms with van der Waals surface area (Å²) in [4.78, 5) is 1.45. The molecule has 6 heteroatoms. The highest BCUT2D eigenvalue weighted by molar-refractivity contribution is 5.19. The van der Waals surface area contributed by atoms with E-state index in [1.54, 1.807) is 0 Å². The van der Waals surface area contributed by atoms with Crippen LogP contribution in [0.5, 0.6) is 0 Å². The molecule has 1 aromatic rings. The summed E-state index contributed by atoms with van der Waals surface area (Å²) in [5.74, 6) is -2.17. The van der Waals surface area contributed by atoms with E-state index in [-0.39, 0.29) is 18.9 Å². The van der Waals surface area contributed by atoms with Gasteiger partial charge in [-0.1, -0.05) is 0 Å². The van der Waals surface area contributed by atoms with E-state index < -0.39 is 5.92 Å². The molecule has 1 fully saturated rings. The molecule has 1 heterocycles. The van der Waals surface area contributed by atoms with Crippen LogP contribution in [-0.2, 0) is 0 Å². The van der Waals surface area contributed by atoms with Crippen LogP contribution in [0.25, 0.3) is 0 Å². The predicted molar refractivity (Wildman–Crippen MR) is 46.9 cm³/mol. The van der Waals surface area contributed by atoms with Gasteiger partial charge in [0.1, 0.15) is 0 Å². The second-order valence-electron chi connectivity index (χ2n) is 3.68. The van der Waals surface area contributed by atoms with Crippen molar-refractivity contribution >= 4 is 5.82 Å². The fourth-order valence-electron chi connectivity index (χ4n) is 1.72. The number of nitrogens with two attached hydrogens (primary N) is 1. The number of anilines is 1. The first kappa shape index (κ1) is 9.36. The molecule has 0 spiro atoms. The summed E-state index contributed by atoms with van der Waals surface area (Å²) < 4.78 is 25.6. The van der Waals surface area contributed by atoms with Gasteiger partial charge in [-0.2, -0.15) is 9.90 Å². The Morgan fingerprint density at radius 2 is 2.07 bits per heavy atom. The highest BCUT2D eigenvalue weighted by atomic mass is 19.3. The van der Waals surface area contributed by atoms with Crippen LogP contribution < -0.4 is 5.73 Å². The van der Waals surface area contributed by atoms with Gasteiger partial charge >= 0.3 is 0 Å². The van der Waals surface area contributed by atoms with E-state index in [9.17, 15) is 8.78 Å². The maximum absolute atomic E-state index is 12.8. The van der Waals surface area contributed by atoms with Crippen molar-refractivity contribution in [1.82, 2.24) is 15.0 Å². The highest BCUT2D eigenvalue weighted by Gasteiger charge is 2.36. The minimum Gasteiger partial charge on any atom is -0.381 e. The highest BCUT2D eigenvalue weighted by Crippen LogP contribution is 2.37. The third-order valence-electron chi connectivity index (χ3n) is 2.54. The molecule has 78 valence electrons. The van der Waals surface area contributed by atoms with E-state index in [1.165, 1.54) is 11.0 Å². The molecule has 0 amide bonds. The lowest BCUT2D eigenvalue weighted by atomic mass is 9.93. The molecule has 2 rings (SSSR count). The van der Waals surface area contributed by atoms with Crippen molar-refractivity contribution < 1.29 is 8.78 Å².